The zero-order valence-electron chi connectivity index (χ0n) is 15.4. The summed E-state index contributed by atoms with van der Waals surface area (Å²) in [5.41, 5.74) is 1.93. The molecular formula is C18H25BrN2O4. The van der Waals surface area contributed by atoms with E-state index in [2.05, 4.69) is 20.8 Å². The van der Waals surface area contributed by atoms with Crippen molar-refractivity contribution in [3.63, 3.8) is 0 Å². The van der Waals surface area contributed by atoms with E-state index in [1.54, 1.807) is 11.0 Å². The molecule has 1 aliphatic rings. The fourth-order valence-corrected chi connectivity index (χ4v) is 3.29. The lowest BCUT2D eigenvalue weighted by Crippen LogP contribution is -2.50. The van der Waals surface area contributed by atoms with E-state index in [0.29, 0.717) is 31.7 Å². The Kier molecular flexibility index (Phi) is 5.98. The van der Waals surface area contributed by atoms with Crippen molar-refractivity contribution >= 4 is 33.7 Å². The van der Waals surface area contributed by atoms with Crippen LogP contribution in [0.4, 0.5) is 10.5 Å². The van der Waals surface area contributed by atoms with Gasteiger partial charge in [0.1, 0.15) is 5.60 Å². The second kappa shape index (κ2) is 7.64. The Morgan fingerprint density at radius 2 is 1.72 bits per heavy atom. The number of nitrogens with zero attached hydrogens (tertiary/aromatic N) is 2. The van der Waals surface area contributed by atoms with Crippen molar-refractivity contribution in [2.24, 2.45) is 0 Å². The number of piperazine rings is 1. The zero-order valence-corrected chi connectivity index (χ0v) is 17.0. The summed E-state index contributed by atoms with van der Waals surface area (Å²) >= 11 is 3.54. The number of hydrogen-bond donors (Lipinski definition) is 0. The number of halogens is 1. The van der Waals surface area contributed by atoms with Gasteiger partial charge in [0.05, 0.1) is 18.4 Å². The summed E-state index contributed by atoms with van der Waals surface area (Å²) in [6.45, 7) is 10.1. The van der Waals surface area contributed by atoms with Crippen molar-refractivity contribution in [3.8, 4) is 0 Å². The number of benzene rings is 1. The van der Waals surface area contributed by atoms with E-state index < -0.39 is 5.60 Å². The first kappa shape index (κ1) is 19.6. The highest BCUT2D eigenvalue weighted by atomic mass is 79.9. The molecule has 1 aliphatic heterocycles. The third-order valence-corrected chi connectivity index (χ3v) is 4.61. The monoisotopic (exact) mass is 412 g/mol. The zero-order chi connectivity index (χ0) is 18.8. The number of esters is 1. The Labute approximate surface area is 157 Å². The minimum atomic E-state index is -0.488. The quantitative estimate of drug-likeness (QED) is 0.694. The first-order chi connectivity index (χ1) is 11.6. The predicted molar refractivity (Wildman–Crippen MR) is 100 cm³/mol. The molecule has 0 radical (unpaired) electrons. The lowest BCUT2D eigenvalue weighted by molar-refractivity contribution is 0.0240. The number of anilines is 1. The molecular weight excluding hydrogens is 388 g/mol. The molecule has 1 amide bonds. The summed E-state index contributed by atoms with van der Waals surface area (Å²) in [6.07, 6.45) is -0.275. The van der Waals surface area contributed by atoms with Gasteiger partial charge in [-0.1, -0.05) is 0 Å². The van der Waals surface area contributed by atoms with Crippen molar-refractivity contribution in [2.75, 3.05) is 38.2 Å². The summed E-state index contributed by atoms with van der Waals surface area (Å²) in [5.74, 6) is -0.348. The number of rotatable bonds is 2. The van der Waals surface area contributed by atoms with Gasteiger partial charge in [0.15, 0.2) is 0 Å². The van der Waals surface area contributed by atoms with Crippen LogP contribution >= 0.6 is 15.9 Å². The molecule has 0 atom stereocenters. The second-order valence-electron chi connectivity index (χ2n) is 7.06. The minimum absolute atomic E-state index is 0.275. The van der Waals surface area contributed by atoms with E-state index in [0.717, 1.165) is 15.7 Å². The van der Waals surface area contributed by atoms with Gasteiger partial charge in [-0.05, 0) is 61.3 Å². The Hall–Kier alpha value is -1.76. The van der Waals surface area contributed by atoms with Crippen LogP contribution in [0.25, 0.3) is 0 Å². The van der Waals surface area contributed by atoms with Gasteiger partial charge >= 0.3 is 12.1 Å². The molecule has 0 saturated carbocycles. The molecule has 1 aromatic rings. The van der Waals surface area contributed by atoms with Crippen LogP contribution in [-0.4, -0.2) is 55.9 Å². The number of hydrogen-bond acceptors (Lipinski definition) is 5. The van der Waals surface area contributed by atoms with Crippen LogP contribution in [-0.2, 0) is 9.47 Å². The van der Waals surface area contributed by atoms with Crippen LogP contribution in [0, 0.1) is 6.92 Å². The van der Waals surface area contributed by atoms with Crippen molar-refractivity contribution in [2.45, 2.75) is 33.3 Å². The average molecular weight is 413 g/mol. The van der Waals surface area contributed by atoms with Crippen molar-refractivity contribution < 1.29 is 19.1 Å². The first-order valence-corrected chi connectivity index (χ1v) is 9.03. The Morgan fingerprint density at radius 1 is 1.12 bits per heavy atom. The standard InChI is InChI=1S/C18H25BrN2O4/c1-12-10-15(14(19)11-13(12)16(22)24-5)20-6-8-21(9-7-20)17(23)25-18(2,3)4/h10-11H,6-9H2,1-5H3. The van der Waals surface area contributed by atoms with Crippen LogP contribution < -0.4 is 4.90 Å². The van der Waals surface area contributed by atoms with Crippen molar-refractivity contribution in [1.82, 2.24) is 4.90 Å². The smallest absolute Gasteiger partial charge is 0.410 e. The number of ether oxygens (including phenoxy) is 2. The minimum Gasteiger partial charge on any atom is -0.465 e. The number of aryl methyl sites for hydroxylation is 1. The lowest BCUT2D eigenvalue weighted by atomic mass is 10.1. The summed E-state index contributed by atoms with van der Waals surface area (Å²) in [6, 6.07) is 3.76. The Balaban J connectivity index is 2.07. The summed E-state index contributed by atoms with van der Waals surface area (Å²) in [7, 11) is 1.37. The third-order valence-electron chi connectivity index (χ3n) is 3.97. The van der Waals surface area contributed by atoms with Gasteiger partial charge in [0.2, 0.25) is 0 Å². The highest BCUT2D eigenvalue weighted by molar-refractivity contribution is 9.10. The highest BCUT2D eigenvalue weighted by Crippen LogP contribution is 2.31. The van der Waals surface area contributed by atoms with Crippen molar-refractivity contribution in [1.29, 1.82) is 0 Å². The van der Waals surface area contributed by atoms with Gasteiger partial charge in [-0.15, -0.1) is 0 Å². The van der Waals surface area contributed by atoms with Gasteiger partial charge in [-0.2, -0.15) is 0 Å². The van der Waals surface area contributed by atoms with Crippen LogP contribution in [0.3, 0.4) is 0 Å². The van der Waals surface area contributed by atoms with E-state index in [9.17, 15) is 9.59 Å². The molecule has 1 saturated heterocycles. The number of amides is 1. The fraction of sp³-hybridized carbons (Fsp3) is 0.556. The number of methoxy groups -OCH3 is 1. The topological polar surface area (TPSA) is 59.1 Å². The number of carbonyl (C=O) groups is 2. The van der Waals surface area contributed by atoms with Gasteiger partial charge in [0, 0.05) is 30.7 Å². The lowest BCUT2D eigenvalue weighted by Gasteiger charge is -2.37. The van der Waals surface area contributed by atoms with Crippen molar-refractivity contribution in [3.05, 3.63) is 27.7 Å². The van der Waals surface area contributed by atoms with E-state index in [1.807, 2.05) is 33.8 Å². The molecule has 0 aliphatic carbocycles. The molecule has 0 N–H and O–H groups in total. The molecule has 1 aromatic carbocycles. The van der Waals surface area contributed by atoms with Gasteiger partial charge in [-0.3, -0.25) is 0 Å². The maximum atomic E-state index is 12.2. The molecule has 2 rings (SSSR count). The van der Waals surface area contributed by atoms with E-state index in [1.165, 1.54) is 7.11 Å². The van der Waals surface area contributed by atoms with Crippen LogP contribution in [0.1, 0.15) is 36.7 Å². The van der Waals surface area contributed by atoms with Crippen LogP contribution in [0.2, 0.25) is 0 Å². The Bertz CT molecular complexity index is 662. The number of carbonyl (C=O) groups excluding carboxylic acids is 2. The normalized spacial score (nSPS) is 15.1. The fourth-order valence-electron chi connectivity index (χ4n) is 2.69. The molecule has 1 fully saturated rings. The SMILES string of the molecule is COC(=O)c1cc(Br)c(N2CCN(C(=O)OC(C)(C)C)CC2)cc1C. The average Bonchev–Trinajstić information content (AvgIpc) is 2.54. The largest absolute Gasteiger partial charge is 0.465 e. The van der Waals surface area contributed by atoms with Gasteiger partial charge < -0.3 is 19.3 Å². The van der Waals surface area contributed by atoms with Gasteiger partial charge in [0.25, 0.3) is 0 Å². The molecule has 0 spiro atoms. The van der Waals surface area contributed by atoms with E-state index in [4.69, 9.17) is 9.47 Å². The highest BCUT2D eigenvalue weighted by Gasteiger charge is 2.27. The molecule has 0 unspecified atom stereocenters. The first-order valence-electron chi connectivity index (χ1n) is 8.23. The predicted octanol–water partition coefficient (Wildman–Crippen LogP) is 3.60. The molecule has 0 aromatic heterocycles. The van der Waals surface area contributed by atoms with E-state index in [-0.39, 0.29) is 12.1 Å². The van der Waals surface area contributed by atoms with Gasteiger partial charge in [-0.25, -0.2) is 9.59 Å². The molecule has 0 bridgehead atoms. The van der Waals surface area contributed by atoms with E-state index >= 15 is 0 Å². The summed E-state index contributed by atoms with van der Waals surface area (Å²) < 4.78 is 11.1. The summed E-state index contributed by atoms with van der Waals surface area (Å²) in [4.78, 5) is 27.9. The molecule has 138 valence electrons. The molecule has 1 heterocycles. The molecule has 7 heteroatoms. The Morgan fingerprint density at radius 3 is 2.24 bits per heavy atom. The third kappa shape index (κ3) is 4.87. The maximum absolute atomic E-state index is 12.2. The second-order valence-corrected chi connectivity index (χ2v) is 7.92. The van der Waals surface area contributed by atoms with Crippen LogP contribution in [0.5, 0.6) is 0 Å². The van der Waals surface area contributed by atoms with Crippen LogP contribution in [0.15, 0.2) is 16.6 Å². The maximum Gasteiger partial charge on any atom is 0.410 e. The summed E-state index contributed by atoms with van der Waals surface area (Å²) in [5, 5.41) is 0. The molecule has 25 heavy (non-hydrogen) atoms. The molecule has 6 nitrogen and oxygen atoms in total.